The van der Waals surface area contributed by atoms with Crippen molar-refractivity contribution in [2.75, 3.05) is 13.2 Å². The minimum absolute atomic E-state index is 0. The van der Waals surface area contributed by atoms with Gasteiger partial charge in [-0.25, -0.2) is 4.39 Å². The number of hydrogen-bond acceptors (Lipinski definition) is 3. The number of amides is 1. The van der Waals surface area contributed by atoms with Crippen molar-refractivity contribution in [1.82, 2.24) is 5.32 Å². The molecule has 1 saturated carbocycles. The van der Waals surface area contributed by atoms with Gasteiger partial charge in [-0.15, -0.1) is 12.4 Å². The van der Waals surface area contributed by atoms with Crippen LogP contribution in [0.3, 0.4) is 0 Å². The summed E-state index contributed by atoms with van der Waals surface area (Å²) in [7, 11) is 0. The molecule has 1 aliphatic carbocycles. The van der Waals surface area contributed by atoms with Crippen LogP contribution in [0.4, 0.5) is 4.39 Å². The predicted octanol–water partition coefficient (Wildman–Crippen LogP) is 2.50. The first-order chi connectivity index (χ1) is 9.67. The molecule has 1 fully saturated rings. The molecule has 1 aromatic carbocycles. The van der Waals surface area contributed by atoms with E-state index < -0.39 is 5.82 Å². The number of ether oxygens (including phenoxy) is 1. The molecular formula is C15H22ClFN2O2. The second-order valence-corrected chi connectivity index (χ2v) is 5.06. The van der Waals surface area contributed by atoms with Crippen molar-refractivity contribution < 1.29 is 13.9 Å². The molecule has 6 heteroatoms. The molecule has 0 radical (unpaired) electrons. The summed E-state index contributed by atoms with van der Waals surface area (Å²) < 4.78 is 19.0. The van der Waals surface area contributed by atoms with Gasteiger partial charge in [0.1, 0.15) is 0 Å². The van der Waals surface area contributed by atoms with E-state index in [4.69, 9.17) is 10.5 Å². The number of rotatable bonds is 5. The number of benzene rings is 1. The van der Waals surface area contributed by atoms with E-state index in [1.54, 1.807) is 13.0 Å². The standard InChI is InChI=1S/C15H21FN2O2.ClH/c1-2-20-14-11(6-4-7-12(14)16)15(19)18-13-8-3-5-10(13)9-17;/h4,6-7,10,13H,2-3,5,8-9,17H2,1H3,(H,18,19);1H. The Kier molecular flexibility index (Phi) is 6.92. The highest BCUT2D eigenvalue weighted by Gasteiger charge is 2.28. The van der Waals surface area contributed by atoms with Gasteiger partial charge in [-0.1, -0.05) is 12.5 Å². The Morgan fingerprint density at radius 1 is 1.48 bits per heavy atom. The zero-order valence-corrected chi connectivity index (χ0v) is 12.9. The molecule has 0 bridgehead atoms. The summed E-state index contributed by atoms with van der Waals surface area (Å²) in [6, 6.07) is 4.46. The van der Waals surface area contributed by atoms with E-state index in [0.717, 1.165) is 19.3 Å². The van der Waals surface area contributed by atoms with Gasteiger partial charge < -0.3 is 15.8 Å². The zero-order valence-electron chi connectivity index (χ0n) is 12.1. The lowest BCUT2D eigenvalue weighted by Gasteiger charge is -2.20. The summed E-state index contributed by atoms with van der Waals surface area (Å²) >= 11 is 0. The van der Waals surface area contributed by atoms with Crippen LogP contribution in [-0.4, -0.2) is 25.1 Å². The van der Waals surface area contributed by atoms with Gasteiger partial charge in [0.05, 0.1) is 12.2 Å². The average molecular weight is 317 g/mol. The van der Waals surface area contributed by atoms with Gasteiger partial charge in [0, 0.05) is 6.04 Å². The molecule has 0 aliphatic heterocycles. The molecule has 2 rings (SSSR count). The Labute approximate surface area is 130 Å². The number of carbonyl (C=O) groups is 1. The molecule has 1 aliphatic rings. The number of halogens is 2. The van der Waals surface area contributed by atoms with Crippen molar-refractivity contribution in [3.63, 3.8) is 0 Å². The van der Waals surface area contributed by atoms with Crippen LogP contribution in [0, 0.1) is 11.7 Å². The smallest absolute Gasteiger partial charge is 0.255 e. The lowest BCUT2D eigenvalue weighted by atomic mass is 10.0. The number of para-hydroxylation sites is 1. The third-order valence-electron chi connectivity index (χ3n) is 3.78. The van der Waals surface area contributed by atoms with Crippen LogP contribution < -0.4 is 15.8 Å². The monoisotopic (exact) mass is 316 g/mol. The van der Waals surface area contributed by atoms with E-state index in [1.165, 1.54) is 12.1 Å². The van der Waals surface area contributed by atoms with Gasteiger partial charge in [-0.2, -0.15) is 0 Å². The minimum atomic E-state index is -0.513. The fourth-order valence-electron chi connectivity index (χ4n) is 2.73. The maximum atomic E-state index is 13.7. The molecule has 118 valence electrons. The van der Waals surface area contributed by atoms with Gasteiger partial charge in [0.25, 0.3) is 5.91 Å². The zero-order chi connectivity index (χ0) is 14.5. The maximum Gasteiger partial charge on any atom is 0.255 e. The van der Waals surface area contributed by atoms with Crippen molar-refractivity contribution in [2.45, 2.75) is 32.2 Å². The summed E-state index contributed by atoms with van der Waals surface area (Å²) in [5, 5.41) is 2.96. The van der Waals surface area contributed by atoms with Gasteiger partial charge in [-0.3, -0.25) is 4.79 Å². The third kappa shape index (κ3) is 4.08. The van der Waals surface area contributed by atoms with E-state index in [0.29, 0.717) is 19.1 Å². The Morgan fingerprint density at radius 3 is 2.90 bits per heavy atom. The first-order valence-corrected chi connectivity index (χ1v) is 7.09. The van der Waals surface area contributed by atoms with Crippen LogP contribution in [0.1, 0.15) is 36.5 Å². The van der Waals surface area contributed by atoms with Crippen molar-refractivity contribution in [1.29, 1.82) is 0 Å². The fourth-order valence-corrected chi connectivity index (χ4v) is 2.73. The molecule has 0 saturated heterocycles. The molecule has 0 spiro atoms. The maximum absolute atomic E-state index is 13.7. The largest absolute Gasteiger partial charge is 0.490 e. The molecule has 0 heterocycles. The van der Waals surface area contributed by atoms with E-state index >= 15 is 0 Å². The van der Waals surface area contributed by atoms with E-state index in [9.17, 15) is 9.18 Å². The number of nitrogens with one attached hydrogen (secondary N) is 1. The van der Waals surface area contributed by atoms with Crippen LogP contribution in [0.5, 0.6) is 5.75 Å². The van der Waals surface area contributed by atoms with Gasteiger partial charge >= 0.3 is 0 Å². The van der Waals surface area contributed by atoms with E-state index in [1.807, 2.05) is 0 Å². The summed E-state index contributed by atoms with van der Waals surface area (Å²) in [5.41, 5.74) is 5.95. The van der Waals surface area contributed by atoms with Crippen LogP contribution in [0.25, 0.3) is 0 Å². The van der Waals surface area contributed by atoms with Crippen molar-refractivity contribution in [3.05, 3.63) is 29.6 Å². The van der Waals surface area contributed by atoms with Crippen LogP contribution in [0.2, 0.25) is 0 Å². The summed E-state index contributed by atoms with van der Waals surface area (Å²) in [4.78, 5) is 12.3. The highest BCUT2D eigenvalue weighted by atomic mass is 35.5. The van der Waals surface area contributed by atoms with Crippen molar-refractivity contribution in [2.24, 2.45) is 11.7 Å². The van der Waals surface area contributed by atoms with Crippen LogP contribution in [-0.2, 0) is 0 Å². The molecule has 2 atom stereocenters. The van der Waals surface area contributed by atoms with Crippen molar-refractivity contribution >= 4 is 18.3 Å². The van der Waals surface area contributed by atoms with E-state index in [2.05, 4.69) is 5.32 Å². The highest BCUT2D eigenvalue weighted by Crippen LogP contribution is 2.27. The third-order valence-corrected chi connectivity index (χ3v) is 3.78. The van der Waals surface area contributed by atoms with Crippen molar-refractivity contribution in [3.8, 4) is 5.75 Å². The summed E-state index contributed by atoms with van der Waals surface area (Å²) in [5.74, 6) is -0.475. The summed E-state index contributed by atoms with van der Waals surface area (Å²) in [6.07, 6.45) is 3.02. The first-order valence-electron chi connectivity index (χ1n) is 7.09. The quantitative estimate of drug-likeness (QED) is 0.877. The first kappa shape index (κ1) is 17.7. The average Bonchev–Trinajstić information content (AvgIpc) is 2.88. The van der Waals surface area contributed by atoms with E-state index in [-0.39, 0.29) is 35.7 Å². The molecule has 3 N–H and O–H groups in total. The number of carbonyl (C=O) groups excluding carboxylic acids is 1. The Bertz CT molecular complexity index is 485. The second kappa shape index (κ2) is 8.20. The summed E-state index contributed by atoms with van der Waals surface area (Å²) in [6.45, 7) is 2.64. The van der Waals surface area contributed by atoms with Crippen LogP contribution >= 0.6 is 12.4 Å². The van der Waals surface area contributed by atoms with Crippen LogP contribution in [0.15, 0.2) is 18.2 Å². The Balaban J connectivity index is 0.00000220. The molecule has 1 aromatic rings. The Morgan fingerprint density at radius 2 is 2.24 bits per heavy atom. The SMILES string of the molecule is CCOc1c(F)cccc1C(=O)NC1CCCC1CN.Cl. The lowest BCUT2D eigenvalue weighted by molar-refractivity contribution is 0.0924. The molecule has 21 heavy (non-hydrogen) atoms. The van der Waals surface area contributed by atoms with Gasteiger partial charge in [0.2, 0.25) is 0 Å². The molecule has 0 aromatic heterocycles. The highest BCUT2D eigenvalue weighted by molar-refractivity contribution is 5.97. The fraction of sp³-hybridized carbons (Fsp3) is 0.533. The lowest BCUT2D eigenvalue weighted by Crippen LogP contribution is -2.40. The topological polar surface area (TPSA) is 64.3 Å². The molecular weight excluding hydrogens is 295 g/mol. The molecule has 1 amide bonds. The normalized spacial score (nSPS) is 20.7. The molecule has 4 nitrogen and oxygen atoms in total. The molecule has 2 unspecified atom stereocenters. The minimum Gasteiger partial charge on any atom is -0.490 e. The van der Waals surface area contributed by atoms with Gasteiger partial charge in [0.15, 0.2) is 11.6 Å². The predicted molar refractivity (Wildman–Crippen MR) is 82.5 cm³/mol. The number of hydrogen-bond donors (Lipinski definition) is 2. The Hall–Kier alpha value is -1.33. The number of nitrogens with two attached hydrogens (primary N) is 1. The second-order valence-electron chi connectivity index (χ2n) is 5.06. The van der Waals surface area contributed by atoms with Gasteiger partial charge in [-0.05, 0) is 44.4 Å².